The number of nitrogens with zero attached hydrogens (tertiary/aromatic N) is 2. The fourth-order valence-corrected chi connectivity index (χ4v) is 3.71. The monoisotopic (exact) mass is 312 g/mol. The van der Waals surface area contributed by atoms with Crippen LogP contribution in [-0.2, 0) is 4.79 Å². The van der Waals surface area contributed by atoms with Crippen molar-refractivity contribution in [3.8, 4) is 0 Å². The number of carbonyl (C=O) groups is 1. The largest absolute Gasteiger partial charge is 0.481 e. The van der Waals surface area contributed by atoms with Gasteiger partial charge >= 0.3 is 5.97 Å². The van der Waals surface area contributed by atoms with Gasteiger partial charge in [-0.15, -0.1) is 0 Å². The van der Waals surface area contributed by atoms with Crippen LogP contribution in [0.2, 0.25) is 0 Å². The molecule has 0 aromatic carbocycles. The summed E-state index contributed by atoms with van der Waals surface area (Å²) in [6.07, 6.45) is 6.06. The normalized spacial score (nSPS) is 17.9. The van der Waals surface area contributed by atoms with Crippen molar-refractivity contribution in [3.63, 3.8) is 0 Å². The predicted molar refractivity (Wildman–Crippen MR) is 90.4 cm³/mol. The maximum atomic E-state index is 10.9. The van der Waals surface area contributed by atoms with E-state index in [0.717, 1.165) is 38.9 Å². The zero-order chi connectivity index (χ0) is 16.6. The van der Waals surface area contributed by atoms with E-state index < -0.39 is 5.97 Å². The third kappa shape index (κ3) is 4.97. The summed E-state index contributed by atoms with van der Waals surface area (Å²) in [5, 5.41) is 9.01. The molecule has 0 amide bonds. The maximum absolute atomic E-state index is 10.9. The van der Waals surface area contributed by atoms with Crippen LogP contribution >= 0.6 is 0 Å². The average Bonchev–Trinajstić information content (AvgIpc) is 2.87. The third-order valence-electron chi connectivity index (χ3n) is 4.66. The number of carboxylic acids is 1. The van der Waals surface area contributed by atoms with E-state index in [2.05, 4.69) is 30.2 Å². The molecule has 0 saturated carbocycles. The summed E-state index contributed by atoms with van der Waals surface area (Å²) in [6, 6.07) is 0. The van der Waals surface area contributed by atoms with E-state index in [9.17, 15) is 4.79 Å². The van der Waals surface area contributed by atoms with Crippen molar-refractivity contribution < 1.29 is 14.5 Å². The molecule has 0 aromatic rings. The molecule has 0 fully saturated rings. The number of rotatable bonds is 11. The number of hydrogen-bond donors (Lipinski definition) is 2. The van der Waals surface area contributed by atoms with E-state index >= 15 is 0 Å². The van der Waals surface area contributed by atoms with Crippen LogP contribution in [0.4, 0.5) is 0 Å². The first kappa shape index (κ1) is 18.9. The molecule has 0 saturated heterocycles. The first-order chi connectivity index (χ1) is 10.5. The Bertz CT molecular complexity index is 395. The zero-order valence-electron chi connectivity index (χ0n) is 14.6. The fraction of sp³-hybridized carbons (Fsp3) is 0.882. The van der Waals surface area contributed by atoms with E-state index in [1.165, 1.54) is 18.7 Å². The quantitative estimate of drug-likeness (QED) is 0.574. The highest BCUT2D eigenvalue weighted by Crippen LogP contribution is 2.34. The molecule has 1 aliphatic heterocycles. The van der Waals surface area contributed by atoms with Crippen molar-refractivity contribution in [2.75, 3.05) is 32.7 Å². The van der Waals surface area contributed by atoms with Gasteiger partial charge in [0.2, 0.25) is 0 Å². The lowest BCUT2D eigenvalue weighted by Crippen LogP contribution is -2.45. The zero-order valence-corrected chi connectivity index (χ0v) is 14.6. The lowest BCUT2D eigenvalue weighted by atomic mass is 9.78. The molecular weight excluding hydrogens is 278 g/mol. The molecule has 128 valence electrons. The Hall–Kier alpha value is -1.10. The van der Waals surface area contributed by atoms with Crippen LogP contribution < -0.4 is 5.73 Å². The highest BCUT2D eigenvalue weighted by Gasteiger charge is 2.43. The van der Waals surface area contributed by atoms with E-state index in [-0.39, 0.29) is 11.8 Å². The summed E-state index contributed by atoms with van der Waals surface area (Å²) in [5.41, 5.74) is 5.92. The Kier molecular flexibility index (Phi) is 7.87. The van der Waals surface area contributed by atoms with Crippen LogP contribution in [-0.4, -0.2) is 59.1 Å². The van der Waals surface area contributed by atoms with Crippen molar-refractivity contribution >= 4 is 11.8 Å². The second kappa shape index (κ2) is 9.13. The first-order valence-electron chi connectivity index (χ1n) is 8.77. The second-order valence-corrected chi connectivity index (χ2v) is 6.64. The lowest BCUT2D eigenvalue weighted by molar-refractivity contribution is -0.520. The molecule has 1 rings (SSSR count). The highest BCUT2D eigenvalue weighted by atomic mass is 16.4. The molecule has 0 bridgehead atoms. The fourth-order valence-electron chi connectivity index (χ4n) is 3.71. The molecule has 0 aromatic heterocycles. The van der Waals surface area contributed by atoms with Gasteiger partial charge in [0.25, 0.3) is 5.84 Å². The van der Waals surface area contributed by atoms with Gasteiger partial charge in [-0.05, 0) is 19.8 Å². The van der Waals surface area contributed by atoms with Gasteiger partial charge in [0, 0.05) is 6.54 Å². The van der Waals surface area contributed by atoms with Crippen molar-refractivity contribution in [1.29, 1.82) is 0 Å². The standard InChI is InChI=1S/C17H33N3O2/c1-4-6-9-17(3,8-5-2)16-19(11-7-15(21)22)13-14-20(16)12-10-18/h4-14,18H2,1-3H3/p+1. The van der Waals surface area contributed by atoms with Crippen LogP contribution in [0.3, 0.4) is 0 Å². The third-order valence-corrected chi connectivity index (χ3v) is 4.66. The number of unbranched alkanes of at least 4 members (excludes halogenated alkanes) is 1. The molecule has 3 N–H and O–H groups in total. The molecule has 0 radical (unpaired) electrons. The van der Waals surface area contributed by atoms with Crippen LogP contribution in [0.25, 0.3) is 0 Å². The minimum atomic E-state index is -0.720. The van der Waals surface area contributed by atoms with Gasteiger partial charge in [-0.3, -0.25) is 14.3 Å². The minimum absolute atomic E-state index is 0.134. The van der Waals surface area contributed by atoms with Gasteiger partial charge in [-0.2, -0.15) is 0 Å². The molecule has 0 aliphatic carbocycles. The summed E-state index contributed by atoms with van der Waals surface area (Å²) in [6.45, 7) is 10.8. The Morgan fingerprint density at radius 1 is 1.36 bits per heavy atom. The molecule has 0 spiro atoms. The molecular formula is C17H34N3O2+. The number of hydrogen-bond acceptors (Lipinski definition) is 3. The summed E-state index contributed by atoms with van der Waals surface area (Å²) >= 11 is 0. The average molecular weight is 312 g/mol. The summed E-state index contributed by atoms with van der Waals surface area (Å²) in [7, 11) is 0. The topological polar surface area (TPSA) is 69.6 Å². The van der Waals surface area contributed by atoms with Crippen LogP contribution in [0.1, 0.15) is 59.3 Å². The van der Waals surface area contributed by atoms with Gasteiger partial charge in [-0.1, -0.05) is 33.1 Å². The number of carboxylic acid groups (broad SMARTS) is 1. The van der Waals surface area contributed by atoms with Gasteiger partial charge in [0.05, 0.1) is 24.9 Å². The van der Waals surface area contributed by atoms with E-state index in [0.29, 0.717) is 13.1 Å². The lowest BCUT2D eigenvalue weighted by Gasteiger charge is -2.31. The molecule has 1 heterocycles. The highest BCUT2D eigenvalue weighted by molar-refractivity contribution is 5.84. The molecule has 22 heavy (non-hydrogen) atoms. The van der Waals surface area contributed by atoms with Gasteiger partial charge in [-0.25, -0.2) is 0 Å². The van der Waals surface area contributed by atoms with Gasteiger partial charge in [0.1, 0.15) is 13.1 Å². The van der Waals surface area contributed by atoms with Crippen molar-refractivity contribution in [3.05, 3.63) is 0 Å². The van der Waals surface area contributed by atoms with Crippen LogP contribution in [0.15, 0.2) is 0 Å². The van der Waals surface area contributed by atoms with E-state index in [4.69, 9.17) is 10.8 Å². The number of nitrogens with two attached hydrogens (primary N) is 1. The van der Waals surface area contributed by atoms with E-state index in [1.807, 2.05) is 0 Å². The summed E-state index contributed by atoms with van der Waals surface area (Å²) in [5.74, 6) is 0.622. The Morgan fingerprint density at radius 3 is 2.64 bits per heavy atom. The number of amidine groups is 1. The smallest absolute Gasteiger partial charge is 0.307 e. The molecule has 5 heteroatoms. The van der Waals surface area contributed by atoms with E-state index in [1.54, 1.807) is 0 Å². The Labute approximate surface area is 135 Å². The molecule has 5 nitrogen and oxygen atoms in total. The molecule has 1 atom stereocenters. The summed E-state index contributed by atoms with van der Waals surface area (Å²) < 4.78 is 2.30. The van der Waals surface area contributed by atoms with Crippen LogP contribution in [0.5, 0.6) is 0 Å². The van der Waals surface area contributed by atoms with Crippen molar-refractivity contribution in [1.82, 2.24) is 4.90 Å². The minimum Gasteiger partial charge on any atom is -0.481 e. The van der Waals surface area contributed by atoms with Gasteiger partial charge in [0.15, 0.2) is 0 Å². The molecule has 1 aliphatic rings. The molecule has 1 unspecified atom stereocenters. The summed E-state index contributed by atoms with van der Waals surface area (Å²) in [4.78, 5) is 13.3. The van der Waals surface area contributed by atoms with Crippen LogP contribution in [0, 0.1) is 5.41 Å². The Morgan fingerprint density at radius 2 is 2.09 bits per heavy atom. The SMILES string of the molecule is CCCCC(C)(CCC)C1=[N+](CCC(=O)O)CCN1CCN. The Balaban J connectivity index is 3.07. The predicted octanol–water partition coefficient (Wildman–Crippen LogP) is 2.14. The maximum Gasteiger partial charge on any atom is 0.307 e. The van der Waals surface area contributed by atoms with Gasteiger partial charge < -0.3 is 10.8 Å². The second-order valence-electron chi connectivity index (χ2n) is 6.64. The first-order valence-corrected chi connectivity index (χ1v) is 8.77. The number of aliphatic carboxylic acids is 1. The van der Waals surface area contributed by atoms with Crippen molar-refractivity contribution in [2.24, 2.45) is 11.1 Å². The van der Waals surface area contributed by atoms with Crippen molar-refractivity contribution in [2.45, 2.75) is 59.3 Å².